The van der Waals surface area contributed by atoms with E-state index in [9.17, 15) is 47.4 Å². The summed E-state index contributed by atoms with van der Waals surface area (Å²) in [5.41, 5.74) is 4.90. The molecule has 1 atom stereocenters. The largest absolute Gasteiger partial charge is 0.204 e. The van der Waals surface area contributed by atoms with E-state index in [1.54, 1.807) is 48.5 Å². The maximum absolute atomic E-state index is 14.1. The molecule has 2 aliphatic carbocycles. The number of allylic oxidation sites excluding steroid dienone is 1. The van der Waals surface area contributed by atoms with Crippen molar-refractivity contribution in [1.82, 2.24) is 0 Å². The van der Waals surface area contributed by atoms with Crippen LogP contribution in [0.3, 0.4) is 0 Å². The summed E-state index contributed by atoms with van der Waals surface area (Å²) in [5, 5.41) is 39.9. The number of nitriles is 4. The summed E-state index contributed by atoms with van der Waals surface area (Å²) in [5.74, 6) is -10.8. The second-order valence-electron chi connectivity index (χ2n) is 11.2. The van der Waals surface area contributed by atoms with Crippen LogP contribution in [0.2, 0.25) is 0 Å². The number of fused-ring (bicyclic) bond motifs is 6. The van der Waals surface area contributed by atoms with Crippen molar-refractivity contribution in [2.75, 3.05) is 0 Å². The first-order chi connectivity index (χ1) is 23.1. The fraction of sp³-hybridized carbons (Fsp3) is 0.0526. The lowest BCUT2D eigenvalue weighted by atomic mass is 9.83. The maximum Gasteiger partial charge on any atom is 0.194 e. The fourth-order valence-corrected chi connectivity index (χ4v) is 6.65. The van der Waals surface area contributed by atoms with Crippen molar-refractivity contribution in [3.8, 4) is 68.8 Å². The first-order valence-corrected chi connectivity index (χ1v) is 14.2. The van der Waals surface area contributed by atoms with E-state index < -0.39 is 46.7 Å². The highest BCUT2D eigenvalue weighted by molar-refractivity contribution is 6.07. The summed E-state index contributed by atoms with van der Waals surface area (Å²) in [7, 11) is 0. The Morgan fingerprint density at radius 1 is 0.479 bits per heavy atom. The number of halogens is 6. The molecule has 0 N–H and O–H groups in total. The molecule has 10 heteroatoms. The fourth-order valence-electron chi connectivity index (χ4n) is 6.65. The minimum absolute atomic E-state index is 0.0269. The molecular weight excluding hydrogens is 626 g/mol. The van der Waals surface area contributed by atoms with Gasteiger partial charge in [0.1, 0.15) is 23.6 Å². The van der Waals surface area contributed by atoms with Gasteiger partial charge in [-0.3, -0.25) is 0 Å². The molecule has 5 aromatic rings. The van der Waals surface area contributed by atoms with Crippen LogP contribution in [0, 0.1) is 86.1 Å². The van der Waals surface area contributed by atoms with E-state index in [0.29, 0.717) is 50.1 Å². The summed E-state index contributed by atoms with van der Waals surface area (Å²) in [4.78, 5) is 0. The van der Waals surface area contributed by atoms with E-state index >= 15 is 0 Å². The maximum atomic E-state index is 14.1. The first-order valence-electron chi connectivity index (χ1n) is 14.2. The highest BCUT2D eigenvalue weighted by atomic mass is 19.2. The lowest BCUT2D eigenvalue weighted by Crippen LogP contribution is -2.09. The Morgan fingerprint density at radius 3 is 1.48 bits per heavy atom. The van der Waals surface area contributed by atoms with E-state index in [0.717, 1.165) is 24.3 Å². The van der Waals surface area contributed by atoms with Crippen LogP contribution in [0.4, 0.5) is 26.3 Å². The average Bonchev–Trinajstić information content (AvgIpc) is 3.57. The number of nitrogens with zero attached hydrogens (tertiary/aromatic N) is 4. The van der Waals surface area contributed by atoms with E-state index in [1.807, 2.05) is 24.3 Å². The van der Waals surface area contributed by atoms with Gasteiger partial charge in [-0.1, -0.05) is 24.3 Å². The van der Waals surface area contributed by atoms with Crippen LogP contribution in [0.1, 0.15) is 28.2 Å². The Bertz CT molecular complexity index is 2410. The molecule has 0 aliphatic heterocycles. The Balaban J connectivity index is 1.46. The second kappa shape index (κ2) is 11.0. The summed E-state index contributed by atoms with van der Waals surface area (Å²) in [6, 6.07) is 24.3. The molecule has 1 unspecified atom stereocenters. The molecule has 0 radical (unpaired) electrons. The van der Waals surface area contributed by atoms with Crippen molar-refractivity contribution in [2.24, 2.45) is 5.92 Å². The van der Waals surface area contributed by atoms with Gasteiger partial charge in [0.2, 0.25) is 0 Å². The van der Waals surface area contributed by atoms with Crippen LogP contribution in [-0.2, 0) is 0 Å². The van der Waals surface area contributed by atoms with E-state index in [-0.39, 0.29) is 27.8 Å². The smallest absolute Gasteiger partial charge is 0.194 e. The number of hydrogen-bond donors (Lipinski definition) is 0. The average molecular weight is 641 g/mol. The molecule has 0 amide bonds. The second-order valence-corrected chi connectivity index (χ2v) is 11.2. The van der Waals surface area contributed by atoms with Crippen LogP contribution in [0.25, 0.3) is 50.1 Å². The molecule has 2 aliphatic rings. The van der Waals surface area contributed by atoms with Gasteiger partial charge in [0.05, 0.1) is 12.1 Å². The molecule has 0 bridgehead atoms. The lowest BCUT2D eigenvalue weighted by Gasteiger charge is -2.16. The molecule has 5 aromatic carbocycles. The van der Waals surface area contributed by atoms with Crippen LogP contribution in [-0.4, -0.2) is 0 Å². The van der Waals surface area contributed by atoms with Crippen LogP contribution in [0.5, 0.6) is 0 Å². The number of rotatable bonds is 3. The molecular formula is C38H14F6N4. The SMILES string of the molecule is N#CC(C#N)=C1c2cc(-c3cc(F)c(F)c(F)c3)ccc2-c2cc3c(cc21)C(C(C#N)C#N)c1cc(-c2cc(F)c(F)c(F)c2)ccc1-3. The molecule has 0 spiro atoms. The minimum Gasteiger partial charge on any atom is -0.204 e. The Kier molecular flexibility index (Phi) is 6.90. The zero-order chi connectivity index (χ0) is 34.0. The van der Waals surface area contributed by atoms with Crippen LogP contribution >= 0.6 is 0 Å². The highest BCUT2D eigenvalue weighted by Crippen LogP contribution is 2.55. The quantitative estimate of drug-likeness (QED) is 0.109. The Labute approximate surface area is 268 Å². The van der Waals surface area contributed by atoms with Crippen LogP contribution < -0.4 is 0 Å². The molecule has 48 heavy (non-hydrogen) atoms. The topological polar surface area (TPSA) is 95.2 Å². The molecule has 228 valence electrons. The predicted molar refractivity (Wildman–Crippen MR) is 162 cm³/mol. The van der Waals surface area contributed by atoms with Crippen molar-refractivity contribution in [1.29, 1.82) is 21.0 Å². The van der Waals surface area contributed by atoms with Crippen molar-refractivity contribution >= 4 is 5.57 Å². The highest BCUT2D eigenvalue weighted by Gasteiger charge is 2.38. The normalized spacial score (nSPS) is 13.5. The van der Waals surface area contributed by atoms with E-state index in [4.69, 9.17) is 0 Å². The standard InChI is InChI=1S/C38H14F6N4/c39-31-7-19(8-32(40)37(31)43)17-1-3-23-25-11-26-24-4-2-18(20-9-33(41)38(44)34(42)10-20)6-28(24)36(22(15-47)16-48)30(26)12-29(25)35(27(23)5-17)21(13-45)14-46/h1-12,21,35H. The van der Waals surface area contributed by atoms with E-state index in [2.05, 4.69) is 0 Å². The molecule has 0 fully saturated rings. The monoisotopic (exact) mass is 640 g/mol. The van der Waals surface area contributed by atoms with Gasteiger partial charge in [-0.05, 0) is 115 Å². The Morgan fingerprint density at radius 2 is 0.958 bits per heavy atom. The zero-order valence-corrected chi connectivity index (χ0v) is 24.1. The Hall–Kier alpha value is -6.62. The van der Waals surface area contributed by atoms with Gasteiger partial charge in [-0.2, -0.15) is 21.0 Å². The summed E-state index contributed by atoms with van der Waals surface area (Å²) < 4.78 is 83.8. The van der Waals surface area contributed by atoms with E-state index in [1.165, 1.54) is 0 Å². The summed E-state index contributed by atoms with van der Waals surface area (Å²) in [6.07, 6.45) is 0. The molecule has 0 aromatic heterocycles. The minimum atomic E-state index is -1.62. The van der Waals surface area contributed by atoms with Crippen molar-refractivity contribution < 1.29 is 26.3 Å². The summed E-state index contributed by atoms with van der Waals surface area (Å²) in [6.45, 7) is 0. The van der Waals surface area contributed by atoms with Crippen molar-refractivity contribution in [3.63, 3.8) is 0 Å². The number of benzene rings is 5. The third kappa shape index (κ3) is 4.36. The molecule has 0 saturated carbocycles. The van der Waals surface area contributed by atoms with Gasteiger partial charge in [0.25, 0.3) is 0 Å². The first kappa shape index (κ1) is 30.1. The van der Waals surface area contributed by atoms with Gasteiger partial charge < -0.3 is 0 Å². The van der Waals surface area contributed by atoms with Crippen molar-refractivity contribution in [3.05, 3.63) is 136 Å². The van der Waals surface area contributed by atoms with Gasteiger partial charge in [0, 0.05) is 11.5 Å². The van der Waals surface area contributed by atoms with Crippen LogP contribution in [0.15, 0.2) is 78.4 Å². The third-order valence-electron chi connectivity index (χ3n) is 8.77. The van der Waals surface area contributed by atoms with Gasteiger partial charge in [0.15, 0.2) is 34.9 Å². The number of hydrogen-bond acceptors (Lipinski definition) is 4. The summed E-state index contributed by atoms with van der Waals surface area (Å²) >= 11 is 0. The molecule has 0 saturated heterocycles. The lowest BCUT2D eigenvalue weighted by molar-refractivity contribution is 0.447. The zero-order valence-electron chi connectivity index (χ0n) is 24.1. The predicted octanol–water partition coefficient (Wildman–Crippen LogP) is 9.46. The van der Waals surface area contributed by atoms with Gasteiger partial charge in [-0.25, -0.2) is 26.3 Å². The van der Waals surface area contributed by atoms with Crippen molar-refractivity contribution in [2.45, 2.75) is 5.92 Å². The van der Waals surface area contributed by atoms with Gasteiger partial charge in [-0.15, -0.1) is 0 Å². The van der Waals surface area contributed by atoms with Gasteiger partial charge >= 0.3 is 0 Å². The molecule has 0 heterocycles. The third-order valence-corrected chi connectivity index (χ3v) is 8.77. The molecule has 4 nitrogen and oxygen atoms in total. The molecule has 7 rings (SSSR count).